The third-order valence-electron chi connectivity index (χ3n) is 6.63. The second kappa shape index (κ2) is 7.52. The second-order valence-electron chi connectivity index (χ2n) is 8.97. The van der Waals surface area contributed by atoms with E-state index < -0.39 is 11.6 Å². The van der Waals surface area contributed by atoms with Crippen LogP contribution in [0.1, 0.15) is 57.6 Å². The number of aromatic hydroxyl groups is 1. The van der Waals surface area contributed by atoms with Gasteiger partial charge in [0.25, 0.3) is 0 Å². The smallest absolute Gasteiger partial charge is 0.303 e. The first kappa shape index (κ1) is 20.0. The van der Waals surface area contributed by atoms with Crippen molar-refractivity contribution in [3.05, 3.63) is 23.8 Å². The van der Waals surface area contributed by atoms with E-state index in [1.807, 2.05) is 30.9 Å². The number of amides is 1. The molecule has 7 nitrogen and oxygen atoms in total. The van der Waals surface area contributed by atoms with E-state index in [9.17, 15) is 14.7 Å². The fourth-order valence-corrected chi connectivity index (χ4v) is 5.08. The first-order valence-electron chi connectivity index (χ1n) is 10.4. The van der Waals surface area contributed by atoms with Crippen LogP contribution in [0.4, 0.5) is 0 Å². The van der Waals surface area contributed by atoms with Crippen LogP contribution in [0, 0.1) is 11.8 Å². The first-order chi connectivity index (χ1) is 13.8. The molecule has 1 aromatic rings. The number of para-hydroxylation sites is 1. The van der Waals surface area contributed by atoms with Crippen molar-refractivity contribution in [2.75, 3.05) is 13.1 Å². The molecule has 0 aliphatic carbocycles. The standard InChI is InChI=1S/C22H29NO6/c1-22(2)15-11-13-12-23(18(25)7-4-8-19(26)27)10-9-17(13)28-20(15)14-5-3-6-16(24)21(14)29-22/h3,5-6,13,15,17,20,24H,4,7-12H2,1-2H3,(H,26,27)/t13-,15-,17-,20+/m1/s1. The molecule has 0 aromatic heterocycles. The monoisotopic (exact) mass is 403 g/mol. The van der Waals surface area contributed by atoms with Crippen molar-refractivity contribution in [3.8, 4) is 11.5 Å². The maximum Gasteiger partial charge on any atom is 0.303 e. The largest absolute Gasteiger partial charge is 0.504 e. The lowest BCUT2D eigenvalue weighted by Crippen LogP contribution is -2.56. The first-order valence-corrected chi connectivity index (χ1v) is 10.4. The van der Waals surface area contributed by atoms with E-state index in [-0.39, 0.29) is 48.5 Å². The highest BCUT2D eigenvalue weighted by molar-refractivity contribution is 5.77. The Hall–Kier alpha value is -2.28. The fraction of sp³-hybridized carbons (Fsp3) is 0.636. The molecule has 2 N–H and O–H groups in total. The number of benzene rings is 1. The molecule has 7 heteroatoms. The zero-order valence-electron chi connectivity index (χ0n) is 17.0. The number of aliphatic carboxylic acids is 1. The molecule has 3 aliphatic rings. The Kier molecular flexibility index (Phi) is 5.19. The molecule has 29 heavy (non-hydrogen) atoms. The summed E-state index contributed by atoms with van der Waals surface area (Å²) < 4.78 is 12.7. The fourth-order valence-electron chi connectivity index (χ4n) is 5.08. The third-order valence-corrected chi connectivity index (χ3v) is 6.63. The molecule has 3 aliphatic heterocycles. The number of rotatable bonds is 4. The number of ether oxygens (including phenoxy) is 2. The van der Waals surface area contributed by atoms with Gasteiger partial charge >= 0.3 is 5.97 Å². The van der Waals surface area contributed by atoms with Crippen LogP contribution in [-0.2, 0) is 14.3 Å². The minimum absolute atomic E-state index is 0.0241. The summed E-state index contributed by atoms with van der Waals surface area (Å²) in [4.78, 5) is 25.0. The van der Waals surface area contributed by atoms with Gasteiger partial charge in [-0.25, -0.2) is 0 Å². The Morgan fingerprint density at radius 3 is 2.83 bits per heavy atom. The van der Waals surface area contributed by atoms with Crippen LogP contribution in [-0.4, -0.2) is 51.8 Å². The minimum Gasteiger partial charge on any atom is -0.504 e. The van der Waals surface area contributed by atoms with Crippen molar-refractivity contribution < 1.29 is 29.3 Å². The van der Waals surface area contributed by atoms with E-state index in [0.717, 1.165) is 18.4 Å². The van der Waals surface area contributed by atoms with E-state index in [2.05, 4.69) is 0 Å². The van der Waals surface area contributed by atoms with Gasteiger partial charge < -0.3 is 24.6 Å². The van der Waals surface area contributed by atoms with Gasteiger partial charge in [-0.3, -0.25) is 9.59 Å². The van der Waals surface area contributed by atoms with E-state index in [1.165, 1.54) is 0 Å². The highest BCUT2D eigenvalue weighted by Crippen LogP contribution is 2.54. The number of piperidine rings is 1. The number of carbonyl (C=O) groups excluding carboxylic acids is 1. The Balaban J connectivity index is 1.47. The summed E-state index contributed by atoms with van der Waals surface area (Å²) in [5.74, 6) is 0.176. The van der Waals surface area contributed by atoms with Crippen LogP contribution in [0.2, 0.25) is 0 Å². The minimum atomic E-state index is -0.867. The summed E-state index contributed by atoms with van der Waals surface area (Å²) >= 11 is 0. The number of hydrogen-bond acceptors (Lipinski definition) is 5. The molecule has 1 amide bonds. The Bertz CT molecular complexity index is 806. The number of phenolic OH excluding ortho intramolecular Hbond substituents is 1. The average Bonchev–Trinajstić information content (AvgIpc) is 2.67. The number of carboxylic acid groups (broad SMARTS) is 1. The number of carboxylic acids is 1. The van der Waals surface area contributed by atoms with Gasteiger partial charge in [-0.2, -0.15) is 0 Å². The molecule has 0 spiro atoms. The van der Waals surface area contributed by atoms with Gasteiger partial charge in [-0.15, -0.1) is 0 Å². The molecule has 0 saturated carbocycles. The number of likely N-dealkylation sites (tertiary alicyclic amines) is 1. The average molecular weight is 403 g/mol. The van der Waals surface area contributed by atoms with E-state index in [0.29, 0.717) is 25.3 Å². The lowest BCUT2D eigenvalue weighted by Gasteiger charge is -2.53. The Morgan fingerprint density at radius 2 is 2.07 bits per heavy atom. The van der Waals surface area contributed by atoms with Gasteiger partial charge in [-0.1, -0.05) is 12.1 Å². The van der Waals surface area contributed by atoms with Gasteiger partial charge in [0, 0.05) is 43.3 Å². The van der Waals surface area contributed by atoms with Gasteiger partial charge in [0.05, 0.1) is 12.2 Å². The van der Waals surface area contributed by atoms with Gasteiger partial charge in [0.15, 0.2) is 11.5 Å². The number of nitrogens with zero attached hydrogens (tertiary/aromatic N) is 1. The van der Waals surface area contributed by atoms with Crippen LogP contribution < -0.4 is 4.74 Å². The summed E-state index contributed by atoms with van der Waals surface area (Å²) in [5, 5.41) is 19.0. The third kappa shape index (κ3) is 3.80. The zero-order valence-corrected chi connectivity index (χ0v) is 17.0. The summed E-state index contributed by atoms with van der Waals surface area (Å²) in [6.07, 6.45) is 2.28. The zero-order chi connectivity index (χ0) is 20.8. The van der Waals surface area contributed by atoms with Gasteiger partial charge in [0.1, 0.15) is 5.60 Å². The van der Waals surface area contributed by atoms with Crippen LogP contribution in [0.25, 0.3) is 0 Å². The van der Waals surface area contributed by atoms with Crippen LogP contribution in [0.3, 0.4) is 0 Å². The Labute approximate surface area is 170 Å². The molecule has 4 atom stereocenters. The molecule has 3 heterocycles. The van der Waals surface area contributed by atoms with Crippen molar-refractivity contribution in [1.82, 2.24) is 4.90 Å². The van der Waals surface area contributed by atoms with Crippen molar-refractivity contribution in [1.29, 1.82) is 0 Å². The van der Waals surface area contributed by atoms with Crippen molar-refractivity contribution in [2.24, 2.45) is 11.8 Å². The number of carbonyl (C=O) groups is 2. The molecule has 0 radical (unpaired) electrons. The molecule has 0 unspecified atom stereocenters. The van der Waals surface area contributed by atoms with Crippen LogP contribution in [0.5, 0.6) is 11.5 Å². The topological polar surface area (TPSA) is 96.3 Å². The molecule has 0 bridgehead atoms. The van der Waals surface area contributed by atoms with Crippen molar-refractivity contribution >= 4 is 11.9 Å². The maximum absolute atomic E-state index is 12.5. The number of phenols is 1. The summed E-state index contributed by atoms with van der Waals surface area (Å²) in [6, 6.07) is 5.42. The number of fused-ring (bicyclic) bond motifs is 4. The molecule has 158 valence electrons. The predicted octanol–water partition coefficient (Wildman–Crippen LogP) is 3.11. The predicted molar refractivity (Wildman–Crippen MR) is 105 cm³/mol. The van der Waals surface area contributed by atoms with Gasteiger partial charge in [0.2, 0.25) is 5.91 Å². The molecule has 4 rings (SSSR count). The quantitative estimate of drug-likeness (QED) is 0.802. The molecule has 2 saturated heterocycles. The maximum atomic E-state index is 12.5. The summed E-state index contributed by atoms with van der Waals surface area (Å²) in [7, 11) is 0. The van der Waals surface area contributed by atoms with Gasteiger partial charge in [-0.05, 0) is 39.2 Å². The molecular weight excluding hydrogens is 374 g/mol. The van der Waals surface area contributed by atoms with Crippen molar-refractivity contribution in [3.63, 3.8) is 0 Å². The van der Waals surface area contributed by atoms with Crippen LogP contribution in [0.15, 0.2) is 18.2 Å². The van der Waals surface area contributed by atoms with E-state index >= 15 is 0 Å². The molecule has 1 aromatic carbocycles. The Morgan fingerprint density at radius 1 is 1.28 bits per heavy atom. The van der Waals surface area contributed by atoms with E-state index in [4.69, 9.17) is 14.6 Å². The van der Waals surface area contributed by atoms with Crippen molar-refractivity contribution in [2.45, 2.75) is 63.8 Å². The highest BCUT2D eigenvalue weighted by Gasteiger charge is 2.52. The SMILES string of the molecule is CC1(C)Oc2c(O)cccc2[C@@H]2O[C@@H]3CCN(C(=O)CCCC(=O)O)C[C@H]3C[C@H]21. The second-order valence-corrected chi connectivity index (χ2v) is 8.97. The normalized spacial score (nSPS) is 29.8. The molecule has 2 fully saturated rings. The van der Waals surface area contributed by atoms with Crippen LogP contribution >= 0.6 is 0 Å². The lowest BCUT2D eigenvalue weighted by atomic mass is 9.70. The van der Waals surface area contributed by atoms with E-state index in [1.54, 1.807) is 6.07 Å². The number of hydrogen-bond donors (Lipinski definition) is 2. The summed E-state index contributed by atoms with van der Waals surface area (Å²) in [5.41, 5.74) is 0.412. The lowest BCUT2D eigenvalue weighted by molar-refractivity contribution is -0.189. The summed E-state index contributed by atoms with van der Waals surface area (Å²) in [6.45, 7) is 5.34. The highest BCUT2D eigenvalue weighted by atomic mass is 16.5. The molecular formula is C22H29NO6.